The molecule has 1 aromatic heterocycles. The van der Waals surface area contributed by atoms with Gasteiger partial charge >= 0.3 is 0 Å². The number of H-pyrrole nitrogens is 1. The summed E-state index contributed by atoms with van der Waals surface area (Å²) >= 11 is 0. The van der Waals surface area contributed by atoms with Crippen molar-refractivity contribution in [2.75, 3.05) is 13.6 Å². The van der Waals surface area contributed by atoms with Gasteiger partial charge in [0, 0.05) is 49.9 Å². The van der Waals surface area contributed by atoms with Crippen LogP contribution in [0.15, 0.2) is 24.3 Å². The highest BCUT2D eigenvalue weighted by atomic mass is 16.2. The number of amides is 2. The normalized spacial score (nSPS) is 13.3. The summed E-state index contributed by atoms with van der Waals surface area (Å²) in [5, 5.41) is 15.7. The van der Waals surface area contributed by atoms with Crippen molar-refractivity contribution in [1.29, 1.82) is 0 Å². The van der Waals surface area contributed by atoms with Crippen LogP contribution in [0.1, 0.15) is 37.7 Å². The Kier molecular flexibility index (Phi) is 4.38. The molecule has 0 bridgehead atoms. The number of aromatic amines is 1. The summed E-state index contributed by atoms with van der Waals surface area (Å²) in [6.07, 6.45) is 0.851. The van der Waals surface area contributed by atoms with Gasteiger partial charge in [-0.3, -0.25) is 14.7 Å². The third kappa shape index (κ3) is 3.24. The highest BCUT2D eigenvalue weighted by molar-refractivity contribution is 5.95. The molecule has 7 nitrogen and oxygen atoms in total. The summed E-state index contributed by atoms with van der Waals surface area (Å²) in [7, 11) is 1.59. The fraction of sp³-hybridized carbons (Fsp3) is 0.312. The lowest BCUT2D eigenvalue weighted by Gasteiger charge is -2.13. The van der Waals surface area contributed by atoms with Gasteiger partial charge in [-0.15, -0.1) is 0 Å². The number of hydrogen-bond acceptors (Lipinski definition) is 4. The molecule has 120 valence electrons. The Morgan fingerprint density at radius 2 is 2.17 bits per heavy atom. The number of carbonyl (C=O) groups is 2. The highest BCUT2D eigenvalue weighted by Gasteiger charge is 2.21. The molecule has 0 unspecified atom stereocenters. The molecule has 0 saturated carbocycles. The molecule has 0 spiro atoms. The predicted molar refractivity (Wildman–Crippen MR) is 85.0 cm³/mol. The molecular weight excluding hydrogens is 294 g/mol. The molecule has 0 saturated heterocycles. The van der Waals surface area contributed by atoms with Crippen molar-refractivity contribution < 1.29 is 9.59 Å². The maximum Gasteiger partial charge on any atom is 0.272 e. The van der Waals surface area contributed by atoms with Crippen molar-refractivity contribution in [3.05, 3.63) is 52.3 Å². The Bertz CT molecular complexity index is 738. The summed E-state index contributed by atoms with van der Waals surface area (Å²) in [5.74, 6) is -0.359. The number of aromatic nitrogens is 2. The largest absolute Gasteiger partial charge is 0.355 e. The van der Waals surface area contributed by atoms with Gasteiger partial charge < -0.3 is 16.0 Å². The maximum absolute atomic E-state index is 12.3. The van der Waals surface area contributed by atoms with Gasteiger partial charge in [0.1, 0.15) is 0 Å². The zero-order valence-electron chi connectivity index (χ0n) is 12.9. The average Bonchev–Trinajstić information content (AvgIpc) is 3.03. The van der Waals surface area contributed by atoms with E-state index >= 15 is 0 Å². The fourth-order valence-corrected chi connectivity index (χ4v) is 2.65. The summed E-state index contributed by atoms with van der Waals surface area (Å²) in [6, 6.07) is 7.17. The number of hydrogen-bond donors (Lipinski definition) is 4. The number of fused-ring (bicyclic) bond motifs is 1. The van der Waals surface area contributed by atoms with Gasteiger partial charge in [0.25, 0.3) is 11.8 Å². The van der Waals surface area contributed by atoms with E-state index in [-0.39, 0.29) is 11.8 Å². The van der Waals surface area contributed by atoms with Crippen LogP contribution in [0.3, 0.4) is 0 Å². The van der Waals surface area contributed by atoms with Gasteiger partial charge in [0.2, 0.25) is 0 Å². The first kappa shape index (κ1) is 15.2. The molecule has 23 heavy (non-hydrogen) atoms. The van der Waals surface area contributed by atoms with Crippen LogP contribution in [0.4, 0.5) is 0 Å². The molecule has 0 fully saturated rings. The minimum atomic E-state index is -0.212. The van der Waals surface area contributed by atoms with E-state index in [4.69, 9.17) is 0 Å². The monoisotopic (exact) mass is 313 g/mol. The van der Waals surface area contributed by atoms with E-state index < -0.39 is 0 Å². The lowest BCUT2D eigenvalue weighted by atomic mass is 10.1. The van der Waals surface area contributed by atoms with Gasteiger partial charge in [0.05, 0.1) is 0 Å². The standard InChI is InChI=1S/C16H19N5O2/c1-17-15(22)11-4-2-3-10(7-11)8-19-16(23)14-12-9-18-6-5-13(12)20-21-14/h2-4,7,18H,5-6,8-9H2,1H3,(H,17,22)(H,19,23)(H,20,21). The summed E-state index contributed by atoms with van der Waals surface area (Å²) in [5.41, 5.74) is 3.83. The zero-order chi connectivity index (χ0) is 16.2. The summed E-state index contributed by atoms with van der Waals surface area (Å²) in [6.45, 7) is 1.89. The van der Waals surface area contributed by atoms with Gasteiger partial charge in [-0.05, 0) is 17.7 Å². The molecule has 4 N–H and O–H groups in total. The number of nitrogens with one attached hydrogen (secondary N) is 4. The molecule has 1 aliphatic rings. The van der Waals surface area contributed by atoms with E-state index in [2.05, 4.69) is 26.1 Å². The molecule has 0 atom stereocenters. The van der Waals surface area contributed by atoms with Crippen LogP contribution in [0, 0.1) is 0 Å². The van der Waals surface area contributed by atoms with E-state index in [1.807, 2.05) is 6.07 Å². The zero-order valence-corrected chi connectivity index (χ0v) is 12.9. The second-order valence-electron chi connectivity index (χ2n) is 5.42. The van der Waals surface area contributed by atoms with Crippen LogP contribution >= 0.6 is 0 Å². The number of nitrogens with zero attached hydrogens (tertiary/aromatic N) is 1. The van der Waals surface area contributed by atoms with E-state index in [1.165, 1.54) is 0 Å². The Labute approximate surface area is 133 Å². The first-order chi connectivity index (χ1) is 11.2. The molecule has 7 heteroatoms. The molecule has 1 aliphatic heterocycles. The molecule has 1 aromatic carbocycles. The number of rotatable bonds is 4. The van der Waals surface area contributed by atoms with Crippen LogP contribution < -0.4 is 16.0 Å². The van der Waals surface area contributed by atoms with Crippen molar-refractivity contribution in [2.24, 2.45) is 0 Å². The molecule has 0 aliphatic carbocycles. The third-order valence-electron chi connectivity index (χ3n) is 3.89. The molecule has 2 aromatic rings. The van der Waals surface area contributed by atoms with E-state index in [9.17, 15) is 9.59 Å². The lowest BCUT2D eigenvalue weighted by Crippen LogP contribution is -2.28. The van der Waals surface area contributed by atoms with E-state index in [0.29, 0.717) is 24.3 Å². The van der Waals surface area contributed by atoms with E-state index in [1.54, 1.807) is 25.2 Å². The molecule has 2 heterocycles. The SMILES string of the molecule is CNC(=O)c1cccc(CNC(=O)c2n[nH]c3c2CNCC3)c1. The molecular formula is C16H19N5O2. The number of carbonyl (C=O) groups excluding carboxylic acids is 2. The van der Waals surface area contributed by atoms with Crippen molar-refractivity contribution in [2.45, 2.75) is 19.5 Å². The van der Waals surface area contributed by atoms with Crippen LogP contribution in [-0.4, -0.2) is 35.6 Å². The van der Waals surface area contributed by atoms with Crippen LogP contribution in [0.25, 0.3) is 0 Å². The lowest BCUT2D eigenvalue weighted by molar-refractivity contribution is 0.0943. The molecule has 2 amide bonds. The summed E-state index contributed by atoms with van der Waals surface area (Å²) in [4.78, 5) is 24.0. The Balaban J connectivity index is 1.67. The van der Waals surface area contributed by atoms with Crippen LogP contribution in [0.5, 0.6) is 0 Å². The Morgan fingerprint density at radius 1 is 1.30 bits per heavy atom. The minimum Gasteiger partial charge on any atom is -0.355 e. The second-order valence-corrected chi connectivity index (χ2v) is 5.42. The van der Waals surface area contributed by atoms with Crippen molar-refractivity contribution in [3.63, 3.8) is 0 Å². The topological polar surface area (TPSA) is 98.9 Å². The Hall–Kier alpha value is -2.67. The molecule has 0 radical (unpaired) electrons. The van der Waals surface area contributed by atoms with Crippen molar-refractivity contribution >= 4 is 11.8 Å². The molecule has 3 rings (SSSR count). The van der Waals surface area contributed by atoms with Crippen LogP contribution in [-0.2, 0) is 19.5 Å². The minimum absolute atomic E-state index is 0.148. The number of benzene rings is 1. The quantitative estimate of drug-likeness (QED) is 0.654. The summed E-state index contributed by atoms with van der Waals surface area (Å²) < 4.78 is 0. The van der Waals surface area contributed by atoms with E-state index in [0.717, 1.165) is 29.8 Å². The fourth-order valence-electron chi connectivity index (χ4n) is 2.65. The van der Waals surface area contributed by atoms with Gasteiger partial charge in [0.15, 0.2) is 5.69 Å². The first-order valence-corrected chi connectivity index (χ1v) is 7.55. The smallest absolute Gasteiger partial charge is 0.272 e. The highest BCUT2D eigenvalue weighted by Crippen LogP contribution is 2.15. The third-order valence-corrected chi connectivity index (χ3v) is 3.89. The van der Waals surface area contributed by atoms with Gasteiger partial charge in [-0.1, -0.05) is 12.1 Å². The average molecular weight is 313 g/mol. The second kappa shape index (κ2) is 6.62. The Morgan fingerprint density at radius 3 is 3.00 bits per heavy atom. The first-order valence-electron chi connectivity index (χ1n) is 7.55. The van der Waals surface area contributed by atoms with Gasteiger partial charge in [-0.25, -0.2) is 0 Å². The van der Waals surface area contributed by atoms with Crippen molar-refractivity contribution in [3.8, 4) is 0 Å². The predicted octanol–water partition coefficient (Wildman–Crippen LogP) is 0.345. The van der Waals surface area contributed by atoms with Crippen molar-refractivity contribution in [1.82, 2.24) is 26.1 Å². The maximum atomic E-state index is 12.3. The van der Waals surface area contributed by atoms with Crippen LogP contribution in [0.2, 0.25) is 0 Å². The van der Waals surface area contributed by atoms with Gasteiger partial charge in [-0.2, -0.15) is 5.10 Å².